The second-order valence-electron chi connectivity index (χ2n) is 3.18. The van der Waals surface area contributed by atoms with E-state index in [2.05, 4.69) is 17.3 Å². The van der Waals surface area contributed by atoms with Crippen LogP contribution in [0, 0.1) is 12.0 Å². The summed E-state index contributed by atoms with van der Waals surface area (Å²) in [5.74, 6) is 2.69. The maximum absolute atomic E-state index is 5.01. The third-order valence-electron chi connectivity index (χ3n) is 2.22. The van der Waals surface area contributed by atoms with E-state index in [1.165, 1.54) is 32.1 Å². The largest absolute Gasteiger partial charge is 0.431 e. The van der Waals surface area contributed by atoms with Crippen molar-refractivity contribution in [2.24, 2.45) is 0 Å². The van der Waals surface area contributed by atoms with Gasteiger partial charge in [0.2, 0.25) is 0 Å². The summed E-state index contributed by atoms with van der Waals surface area (Å²) in [6.07, 6.45) is 9.28. The summed E-state index contributed by atoms with van der Waals surface area (Å²) in [5.41, 5.74) is 0. The molecule has 1 aliphatic rings. The van der Waals surface area contributed by atoms with Crippen LogP contribution in [0.3, 0.4) is 0 Å². The molecule has 0 spiro atoms. The van der Waals surface area contributed by atoms with Crippen LogP contribution < -0.4 is 5.32 Å². The van der Waals surface area contributed by atoms with Gasteiger partial charge in [-0.15, -0.1) is 0 Å². The third-order valence-corrected chi connectivity index (χ3v) is 2.22. The van der Waals surface area contributed by atoms with Crippen LogP contribution in [0.4, 0.5) is 0 Å². The second kappa shape index (κ2) is 5.91. The first-order chi connectivity index (χ1) is 5.93. The number of rotatable bonds is 3. The van der Waals surface area contributed by atoms with E-state index in [0.29, 0.717) is 12.8 Å². The highest BCUT2D eigenvalue weighted by Crippen LogP contribution is 2.16. The SMILES string of the molecule is CC#COCNC1CCCCC1. The first-order valence-electron chi connectivity index (χ1n) is 4.70. The van der Waals surface area contributed by atoms with Crippen LogP contribution in [0.15, 0.2) is 0 Å². The van der Waals surface area contributed by atoms with Gasteiger partial charge in [0, 0.05) is 13.0 Å². The quantitative estimate of drug-likeness (QED) is 0.393. The van der Waals surface area contributed by atoms with Crippen molar-refractivity contribution in [3.05, 3.63) is 0 Å². The zero-order chi connectivity index (χ0) is 8.65. The van der Waals surface area contributed by atoms with E-state index in [-0.39, 0.29) is 0 Å². The van der Waals surface area contributed by atoms with Crippen molar-refractivity contribution in [1.82, 2.24) is 5.32 Å². The zero-order valence-electron chi connectivity index (χ0n) is 7.73. The Balaban J connectivity index is 2.00. The van der Waals surface area contributed by atoms with Gasteiger partial charge in [0.05, 0.1) is 0 Å². The Morgan fingerprint density at radius 3 is 2.75 bits per heavy atom. The number of hydrogen-bond acceptors (Lipinski definition) is 2. The molecule has 2 nitrogen and oxygen atoms in total. The van der Waals surface area contributed by atoms with Gasteiger partial charge in [-0.3, -0.25) is 5.32 Å². The Hall–Kier alpha value is -0.680. The predicted octanol–water partition coefficient (Wildman–Crippen LogP) is 1.86. The number of hydrogen-bond donors (Lipinski definition) is 1. The molecule has 0 aliphatic heterocycles. The molecule has 0 radical (unpaired) electrons. The van der Waals surface area contributed by atoms with E-state index in [9.17, 15) is 0 Å². The van der Waals surface area contributed by atoms with Crippen LogP contribution >= 0.6 is 0 Å². The van der Waals surface area contributed by atoms with Crippen LogP contribution in [0.25, 0.3) is 0 Å². The van der Waals surface area contributed by atoms with Gasteiger partial charge >= 0.3 is 0 Å². The van der Waals surface area contributed by atoms with Gasteiger partial charge in [0.1, 0.15) is 6.11 Å². The molecule has 0 amide bonds. The maximum atomic E-state index is 5.01. The van der Waals surface area contributed by atoms with Crippen LogP contribution in [-0.4, -0.2) is 12.8 Å². The number of ether oxygens (including phenoxy) is 1. The van der Waals surface area contributed by atoms with Crippen molar-refractivity contribution in [3.8, 4) is 12.0 Å². The minimum absolute atomic E-state index is 0.575. The van der Waals surface area contributed by atoms with Crippen LogP contribution in [0.5, 0.6) is 0 Å². The lowest BCUT2D eigenvalue weighted by Crippen LogP contribution is -2.32. The first-order valence-corrected chi connectivity index (χ1v) is 4.70. The summed E-state index contributed by atoms with van der Waals surface area (Å²) in [7, 11) is 0. The Bertz CT molecular complexity index is 162. The summed E-state index contributed by atoms with van der Waals surface area (Å²) < 4.78 is 5.01. The minimum atomic E-state index is 0.575. The molecule has 12 heavy (non-hydrogen) atoms. The molecule has 1 rings (SSSR count). The molecular weight excluding hydrogens is 150 g/mol. The molecule has 0 saturated heterocycles. The van der Waals surface area contributed by atoms with Crippen molar-refractivity contribution in [2.45, 2.75) is 45.1 Å². The number of nitrogens with one attached hydrogen (secondary N) is 1. The lowest BCUT2D eigenvalue weighted by Gasteiger charge is -2.21. The predicted molar refractivity (Wildman–Crippen MR) is 49.4 cm³/mol. The fourth-order valence-corrected chi connectivity index (χ4v) is 1.57. The highest BCUT2D eigenvalue weighted by molar-refractivity contribution is 4.85. The van der Waals surface area contributed by atoms with Gasteiger partial charge < -0.3 is 4.74 Å². The Kier molecular flexibility index (Phi) is 4.63. The standard InChI is InChI=1S/C10H17NO/c1-2-8-12-9-11-10-6-4-3-5-7-10/h10-11H,3-7,9H2,1H3. The van der Waals surface area contributed by atoms with Crippen molar-refractivity contribution < 1.29 is 4.74 Å². The molecule has 0 heterocycles. The van der Waals surface area contributed by atoms with Crippen molar-refractivity contribution in [1.29, 1.82) is 0 Å². The molecule has 1 saturated carbocycles. The van der Waals surface area contributed by atoms with Crippen molar-refractivity contribution in [2.75, 3.05) is 6.73 Å². The van der Waals surface area contributed by atoms with Crippen molar-refractivity contribution >= 4 is 0 Å². The molecule has 0 aromatic carbocycles. The van der Waals surface area contributed by atoms with E-state index < -0.39 is 0 Å². The van der Waals surface area contributed by atoms with Gasteiger partial charge in [-0.05, 0) is 12.8 Å². The molecule has 1 fully saturated rings. The third kappa shape index (κ3) is 3.64. The summed E-state index contributed by atoms with van der Waals surface area (Å²) in [5, 5.41) is 3.33. The molecule has 0 bridgehead atoms. The van der Waals surface area contributed by atoms with Gasteiger partial charge in [-0.25, -0.2) is 0 Å². The zero-order valence-corrected chi connectivity index (χ0v) is 7.73. The first kappa shape index (κ1) is 9.41. The van der Waals surface area contributed by atoms with Crippen LogP contribution in [-0.2, 0) is 4.74 Å². The molecular formula is C10H17NO. The van der Waals surface area contributed by atoms with Gasteiger partial charge in [0.15, 0.2) is 6.73 Å². The Morgan fingerprint density at radius 2 is 2.08 bits per heavy atom. The van der Waals surface area contributed by atoms with E-state index >= 15 is 0 Å². The average Bonchev–Trinajstić information content (AvgIpc) is 2.14. The van der Waals surface area contributed by atoms with E-state index in [1.54, 1.807) is 6.92 Å². The molecule has 1 N–H and O–H groups in total. The lowest BCUT2D eigenvalue weighted by atomic mass is 9.96. The molecule has 0 unspecified atom stereocenters. The van der Waals surface area contributed by atoms with Crippen molar-refractivity contribution in [3.63, 3.8) is 0 Å². The second-order valence-corrected chi connectivity index (χ2v) is 3.18. The van der Waals surface area contributed by atoms with E-state index in [1.807, 2.05) is 0 Å². The summed E-state index contributed by atoms with van der Waals surface area (Å²) in [4.78, 5) is 0. The summed E-state index contributed by atoms with van der Waals surface area (Å²) in [6, 6.07) is 0.664. The smallest absolute Gasteiger partial charge is 0.151 e. The van der Waals surface area contributed by atoms with Crippen LogP contribution in [0.2, 0.25) is 0 Å². The van der Waals surface area contributed by atoms with Gasteiger partial charge in [-0.2, -0.15) is 0 Å². The normalized spacial score (nSPS) is 18.1. The lowest BCUT2D eigenvalue weighted by molar-refractivity contribution is 0.212. The fourth-order valence-electron chi connectivity index (χ4n) is 1.57. The summed E-state index contributed by atoms with van der Waals surface area (Å²) in [6.45, 7) is 2.35. The van der Waals surface area contributed by atoms with E-state index in [4.69, 9.17) is 4.74 Å². The van der Waals surface area contributed by atoms with Gasteiger partial charge in [-0.1, -0.05) is 25.2 Å². The highest BCUT2D eigenvalue weighted by Gasteiger charge is 2.11. The summed E-state index contributed by atoms with van der Waals surface area (Å²) >= 11 is 0. The van der Waals surface area contributed by atoms with E-state index in [0.717, 1.165) is 0 Å². The van der Waals surface area contributed by atoms with Gasteiger partial charge in [0.25, 0.3) is 0 Å². The van der Waals surface area contributed by atoms with Crippen LogP contribution in [0.1, 0.15) is 39.0 Å². The molecule has 0 atom stereocenters. The average molecular weight is 167 g/mol. The highest BCUT2D eigenvalue weighted by atomic mass is 16.5. The Labute approximate surface area is 74.7 Å². The molecule has 68 valence electrons. The fraction of sp³-hybridized carbons (Fsp3) is 0.800. The Morgan fingerprint density at radius 1 is 1.33 bits per heavy atom. The molecule has 0 aromatic rings. The monoisotopic (exact) mass is 167 g/mol. The molecule has 1 aliphatic carbocycles. The molecule has 2 heteroatoms. The molecule has 0 aromatic heterocycles. The minimum Gasteiger partial charge on any atom is -0.431 e. The topological polar surface area (TPSA) is 21.3 Å². The maximum Gasteiger partial charge on any atom is 0.151 e.